The molecule has 0 bridgehead atoms. The van der Waals surface area contributed by atoms with E-state index in [1.807, 2.05) is 11.6 Å². The van der Waals surface area contributed by atoms with Gasteiger partial charge in [0.25, 0.3) is 0 Å². The molecule has 0 saturated heterocycles. The van der Waals surface area contributed by atoms with E-state index in [0.29, 0.717) is 0 Å². The number of hydrogen-bond acceptors (Lipinski definition) is 2. The Balaban J connectivity index is 2.22. The highest BCUT2D eigenvalue weighted by Gasteiger charge is 2.11. The minimum Gasteiger partial charge on any atom is -0.232 e. The molecule has 1 aromatic carbocycles. The number of hydrogen-bond donors (Lipinski definition) is 0. The van der Waals surface area contributed by atoms with Crippen LogP contribution in [0.5, 0.6) is 0 Å². The van der Waals surface area contributed by atoms with Gasteiger partial charge in [-0.2, -0.15) is 5.10 Å². The molecule has 0 aliphatic heterocycles. The fourth-order valence-corrected chi connectivity index (χ4v) is 2.81. The highest BCUT2D eigenvalue weighted by molar-refractivity contribution is 7.13. The first-order valence-electron chi connectivity index (χ1n) is 5.92. The summed E-state index contributed by atoms with van der Waals surface area (Å²) < 4.78 is 2.04. The van der Waals surface area contributed by atoms with Crippen LogP contribution in [0.15, 0.2) is 47.8 Å². The quantitative estimate of drug-likeness (QED) is 0.669. The number of rotatable bonds is 2. The Morgan fingerprint density at radius 3 is 2.61 bits per heavy atom. The normalized spacial score (nSPS) is 10.8. The summed E-state index contributed by atoms with van der Waals surface area (Å²) in [6, 6.07) is 14.7. The van der Waals surface area contributed by atoms with Crippen LogP contribution in [0.4, 0.5) is 0 Å². The van der Waals surface area contributed by atoms with E-state index in [4.69, 9.17) is 0 Å². The maximum atomic E-state index is 4.62. The molecule has 0 unspecified atom stereocenters. The average Bonchev–Trinajstić information content (AvgIpc) is 2.98. The molecule has 0 amide bonds. The van der Waals surface area contributed by atoms with Gasteiger partial charge in [0.15, 0.2) is 0 Å². The monoisotopic (exact) mass is 254 g/mol. The van der Waals surface area contributed by atoms with Gasteiger partial charge in [-0.25, -0.2) is 4.68 Å². The third-order valence-corrected chi connectivity index (χ3v) is 3.84. The number of para-hydroxylation sites is 1. The molecule has 0 atom stereocenters. The topological polar surface area (TPSA) is 17.8 Å². The lowest BCUT2D eigenvalue weighted by atomic mass is 10.2. The summed E-state index contributed by atoms with van der Waals surface area (Å²) in [6.07, 6.45) is 0. The van der Waals surface area contributed by atoms with Crippen molar-refractivity contribution in [1.82, 2.24) is 9.78 Å². The van der Waals surface area contributed by atoms with Gasteiger partial charge in [0, 0.05) is 0 Å². The third-order valence-electron chi connectivity index (χ3n) is 2.95. The molecule has 3 aromatic rings. The highest BCUT2D eigenvalue weighted by atomic mass is 32.1. The second-order valence-corrected chi connectivity index (χ2v) is 5.29. The zero-order valence-electron chi connectivity index (χ0n) is 10.4. The lowest BCUT2D eigenvalue weighted by Gasteiger charge is -2.08. The number of benzene rings is 1. The molecule has 0 spiro atoms. The van der Waals surface area contributed by atoms with E-state index in [-0.39, 0.29) is 0 Å². The lowest BCUT2D eigenvalue weighted by molar-refractivity contribution is 0.864. The van der Waals surface area contributed by atoms with Gasteiger partial charge in [-0.3, -0.25) is 0 Å². The van der Waals surface area contributed by atoms with Crippen LogP contribution in [0.1, 0.15) is 11.3 Å². The molecule has 18 heavy (non-hydrogen) atoms. The number of thiophene rings is 1. The van der Waals surface area contributed by atoms with Crippen LogP contribution in [-0.4, -0.2) is 9.78 Å². The van der Waals surface area contributed by atoms with Crippen LogP contribution in [0, 0.1) is 13.8 Å². The van der Waals surface area contributed by atoms with Gasteiger partial charge in [0.1, 0.15) is 0 Å². The summed E-state index contributed by atoms with van der Waals surface area (Å²) in [5.74, 6) is 0. The third kappa shape index (κ3) is 1.87. The molecule has 3 rings (SSSR count). The number of aryl methyl sites for hydroxylation is 2. The molecule has 2 heterocycles. The summed E-state index contributed by atoms with van der Waals surface area (Å²) in [4.78, 5) is 1.25. The SMILES string of the molecule is Cc1cc(-c2cccs2)n(-c2ccccc2C)n1. The smallest absolute Gasteiger partial charge is 0.0843 e. The first kappa shape index (κ1) is 11.2. The van der Waals surface area contributed by atoms with Crippen molar-refractivity contribution < 1.29 is 0 Å². The Labute approximate surface area is 111 Å². The first-order chi connectivity index (χ1) is 8.75. The van der Waals surface area contributed by atoms with Crippen molar-refractivity contribution in [1.29, 1.82) is 0 Å². The van der Waals surface area contributed by atoms with Crippen molar-refractivity contribution >= 4 is 11.3 Å². The molecule has 0 saturated carbocycles. The molecule has 90 valence electrons. The van der Waals surface area contributed by atoms with E-state index < -0.39 is 0 Å². The predicted molar refractivity (Wildman–Crippen MR) is 76.4 cm³/mol. The molecule has 0 aliphatic carbocycles. The van der Waals surface area contributed by atoms with Crippen molar-refractivity contribution in [3.8, 4) is 16.3 Å². The Hall–Kier alpha value is -1.87. The van der Waals surface area contributed by atoms with Crippen molar-refractivity contribution in [3.63, 3.8) is 0 Å². The van der Waals surface area contributed by atoms with Crippen LogP contribution in [-0.2, 0) is 0 Å². The van der Waals surface area contributed by atoms with Crippen LogP contribution in [0.3, 0.4) is 0 Å². The van der Waals surface area contributed by atoms with Gasteiger partial charge in [0.2, 0.25) is 0 Å². The summed E-state index contributed by atoms with van der Waals surface area (Å²) in [6.45, 7) is 4.15. The van der Waals surface area contributed by atoms with Gasteiger partial charge < -0.3 is 0 Å². The van der Waals surface area contributed by atoms with Crippen molar-refractivity contribution in [2.24, 2.45) is 0 Å². The fraction of sp³-hybridized carbons (Fsp3) is 0.133. The molecule has 2 aromatic heterocycles. The van der Waals surface area contributed by atoms with E-state index in [1.165, 1.54) is 10.4 Å². The molecule has 0 N–H and O–H groups in total. The summed E-state index contributed by atoms with van der Waals surface area (Å²) in [5.41, 5.74) is 4.59. The van der Waals surface area contributed by atoms with E-state index in [0.717, 1.165) is 17.1 Å². The second kappa shape index (κ2) is 4.42. The van der Waals surface area contributed by atoms with Crippen molar-refractivity contribution in [3.05, 3.63) is 59.1 Å². The Bertz CT molecular complexity index is 666. The predicted octanol–water partition coefficient (Wildman–Crippen LogP) is 4.22. The van der Waals surface area contributed by atoms with Crippen LogP contribution in [0.2, 0.25) is 0 Å². The first-order valence-corrected chi connectivity index (χ1v) is 6.80. The molecule has 0 fully saturated rings. The summed E-state index contributed by atoms with van der Waals surface area (Å²) in [7, 11) is 0. The molecule has 0 radical (unpaired) electrons. The van der Waals surface area contributed by atoms with E-state index in [9.17, 15) is 0 Å². The van der Waals surface area contributed by atoms with Crippen molar-refractivity contribution in [2.45, 2.75) is 13.8 Å². The minimum absolute atomic E-state index is 1.04. The van der Waals surface area contributed by atoms with Gasteiger partial charge in [-0.1, -0.05) is 24.3 Å². The maximum Gasteiger partial charge on any atom is 0.0843 e. The second-order valence-electron chi connectivity index (χ2n) is 4.35. The maximum absolute atomic E-state index is 4.62. The number of aromatic nitrogens is 2. The Morgan fingerprint density at radius 2 is 1.89 bits per heavy atom. The van der Waals surface area contributed by atoms with Gasteiger partial charge >= 0.3 is 0 Å². The highest BCUT2D eigenvalue weighted by Crippen LogP contribution is 2.28. The lowest BCUT2D eigenvalue weighted by Crippen LogP contribution is -2.00. The molecule has 0 aliphatic rings. The van der Waals surface area contributed by atoms with E-state index >= 15 is 0 Å². The van der Waals surface area contributed by atoms with Crippen LogP contribution >= 0.6 is 11.3 Å². The zero-order valence-corrected chi connectivity index (χ0v) is 11.2. The molecular weight excluding hydrogens is 240 g/mol. The Kier molecular flexibility index (Phi) is 2.76. The average molecular weight is 254 g/mol. The van der Waals surface area contributed by atoms with E-state index in [1.54, 1.807) is 11.3 Å². The van der Waals surface area contributed by atoms with Gasteiger partial charge in [-0.15, -0.1) is 11.3 Å². The summed E-state index contributed by atoms with van der Waals surface area (Å²) in [5, 5.41) is 6.72. The van der Waals surface area contributed by atoms with E-state index in [2.05, 4.69) is 59.9 Å². The fourth-order valence-electron chi connectivity index (χ4n) is 2.08. The standard InChI is InChI=1S/C15H14N2S/c1-11-6-3-4-7-13(11)17-14(10-12(2)16-17)15-8-5-9-18-15/h3-10H,1-2H3. The largest absolute Gasteiger partial charge is 0.232 e. The minimum atomic E-state index is 1.04. The zero-order chi connectivity index (χ0) is 12.5. The molecule has 3 heteroatoms. The Morgan fingerprint density at radius 1 is 1.06 bits per heavy atom. The number of nitrogens with zero attached hydrogens (tertiary/aromatic N) is 2. The van der Waals surface area contributed by atoms with Crippen LogP contribution in [0.25, 0.3) is 16.3 Å². The molecule has 2 nitrogen and oxygen atoms in total. The van der Waals surface area contributed by atoms with Gasteiger partial charge in [-0.05, 0) is 43.0 Å². The summed E-state index contributed by atoms with van der Waals surface area (Å²) >= 11 is 1.74. The molecular formula is C15H14N2S. The van der Waals surface area contributed by atoms with Gasteiger partial charge in [0.05, 0.1) is 22.0 Å². The van der Waals surface area contributed by atoms with Crippen LogP contribution < -0.4 is 0 Å². The van der Waals surface area contributed by atoms with Crippen molar-refractivity contribution in [2.75, 3.05) is 0 Å².